The number of fused-ring (bicyclic) bond motifs is 2. The lowest BCUT2D eigenvalue weighted by Crippen LogP contribution is -2.44. The van der Waals surface area contributed by atoms with Crippen LogP contribution in [0.2, 0.25) is 18.1 Å². The molecule has 6 nitrogen and oxygen atoms in total. The van der Waals surface area contributed by atoms with Gasteiger partial charge in [0.2, 0.25) is 0 Å². The van der Waals surface area contributed by atoms with Crippen LogP contribution in [-0.2, 0) is 4.43 Å². The van der Waals surface area contributed by atoms with Gasteiger partial charge in [-0.2, -0.15) is 0 Å². The van der Waals surface area contributed by atoms with Crippen molar-refractivity contribution in [2.75, 3.05) is 13.7 Å². The van der Waals surface area contributed by atoms with Gasteiger partial charge in [-0.15, -0.1) is 0 Å². The monoisotopic (exact) mass is 538 g/mol. The molecule has 2 amide bonds. The molecule has 1 heterocycles. The second-order valence-electron chi connectivity index (χ2n) is 12.5. The number of carbonyl (C=O) groups is 2. The molecule has 0 bridgehead atoms. The highest BCUT2D eigenvalue weighted by molar-refractivity contribution is 6.74. The maximum absolute atomic E-state index is 14.1. The Labute approximate surface area is 225 Å². The average molecular weight is 539 g/mol. The molecule has 8 heteroatoms. The van der Waals surface area contributed by atoms with E-state index in [2.05, 4.69) is 44.5 Å². The van der Waals surface area contributed by atoms with Crippen molar-refractivity contribution in [2.24, 2.45) is 11.8 Å². The van der Waals surface area contributed by atoms with Gasteiger partial charge < -0.3 is 19.8 Å². The summed E-state index contributed by atoms with van der Waals surface area (Å²) in [5.74, 6) is 0.230. The van der Waals surface area contributed by atoms with Gasteiger partial charge in [-0.1, -0.05) is 51.1 Å². The highest BCUT2D eigenvalue weighted by atomic mass is 28.4. The molecule has 0 spiro atoms. The molecule has 0 radical (unpaired) electrons. The smallest absolute Gasteiger partial charge is 0.254 e. The molecule has 204 valence electrons. The number of nitrogens with one attached hydrogen (secondary N) is 2. The number of amides is 2. The highest BCUT2D eigenvalue weighted by Gasteiger charge is 2.58. The molecule has 38 heavy (non-hydrogen) atoms. The lowest BCUT2D eigenvalue weighted by molar-refractivity contribution is 0.0938. The summed E-state index contributed by atoms with van der Waals surface area (Å²) in [7, 11) is -0.291. The van der Waals surface area contributed by atoms with Gasteiger partial charge in [-0.25, -0.2) is 4.39 Å². The Morgan fingerprint density at radius 1 is 1.08 bits per heavy atom. The van der Waals surface area contributed by atoms with Gasteiger partial charge >= 0.3 is 0 Å². The van der Waals surface area contributed by atoms with Gasteiger partial charge in [0.15, 0.2) is 8.32 Å². The summed E-state index contributed by atoms with van der Waals surface area (Å²) in [5.41, 5.74) is 2.21. The van der Waals surface area contributed by atoms with Crippen LogP contribution in [0.4, 0.5) is 4.39 Å². The van der Waals surface area contributed by atoms with Gasteiger partial charge in [0, 0.05) is 30.3 Å². The molecule has 0 aromatic heterocycles. The van der Waals surface area contributed by atoms with Crippen LogP contribution >= 0.6 is 0 Å². The summed E-state index contributed by atoms with van der Waals surface area (Å²) in [6.45, 7) is 10.6. The van der Waals surface area contributed by atoms with Crippen molar-refractivity contribution >= 4 is 20.1 Å². The summed E-state index contributed by atoms with van der Waals surface area (Å²) in [6.07, 6.45) is 1.45. The number of benzene rings is 2. The van der Waals surface area contributed by atoms with Crippen molar-refractivity contribution in [1.29, 1.82) is 0 Å². The molecule has 1 aliphatic heterocycles. The summed E-state index contributed by atoms with van der Waals surface area (Å²) < 4.78 is 26.7. The number of alkyl halides is 1. The van der Waals surface area contributed by atoms with Crippen LogP contribution in [0.15, 0.2) is 42.5 Å². The molecular weight excluding hydrogens is 499 g/mol. The first-order valence-corrected chi connectivity index (χ1v) is 16.5. The van der Waals surface area contributed by atoms with E-state index >= 15 is 0 Å². The van der Waals surface area contributed by atoms with Crippen LogP contribution in [0.25, 0.3) is 0 Å². The Kier molecular flexibility index (Phi) is 6.93. The average Bonchev–Trinajstić information content (AvgIpc) is 3.20. The maximum Gasteiger partial charge on any atom is 0.254 e. The molecule has 2 fully saturated rings. The van der Waals surface area contributed by atoms with Crippen molar-refractivity contribution in [3.63, 3.8) is 0 Å². The Hall–Kier alpha value is -2.71. The lowest BCUT2D eigenvalue weighted by atomic mass is 9.86. The minimum absolute atomic E-state index is 0.123. The van der Waals surface area contributed by atoms with Crippen LogP contribution < -0.4 is 15.4 Å². The molecule has 2 aromatic rings. The minimum Gasteiger partial charge on any atom is -0.486 e. The van der Waals surface area contributed by atoms with Crippen LogP contribution in [0, 0.1) is 11.8 Å². The molecular formula is C30H39FN2O4Si. The molecule has 0 saturated heterocycles. The zero-order valence-electron chi connectivity index (χ0n) is 23.1. The van der Waals surface area contributed by atoms with Crippen LogP contribution in [-0.4, -0.2) is 52.1 Å². The third-order valence-corrected chi connectivity index (χ3v) is 13.6. The van der Waals surface area contributed by atoms with E-state index in [9.17, 15) is 14.0 Å². The first-order chi connectivity index (χ1) is 17.9. The van der Waals surface area contributed by atoms with E-state index in [-0.39, 0.29) is 34.6 Å². The van der Waals surface area contributed by atoms with E-state index in [0.29, 0.717) is 28.7 Å². The summed E-state index contributed by atoms with van der Waals surface area (Å²) >= 11 is 0. The normalized spacial score (nSPS) is 27.8. The van der Waals surface area contributed by atoms with Crippen LogP contribution in [0.5, 0.6) is 5.75 Å². The molecule has 2 N–H and O–H groups in total. The van der Waals surface area contributed by atoms with Crippen LogP contribution in [0.1, 0.15) is 71.4 Å². The second kappa shape index (κ2) is 9.79. The molecule has 2 saturated carbocycles. The summed E-state index contributed by atoms with van der Waals surface area (Å²) in [5, 5.41) is 6.01. The first kappa shape index (κ1) is 26.9. The third kappa shape index (κ3) is 4.77. The fourth-order valence-corrected chi connectivity index (χ4v) is 7.35. The fraction of sp³-hybridized carbons (Fsp3) is 0.533. The van der Waals surface area contributed by atoms with Gasteiger partial charge in [0.05, 0.1) is 11.5 Å². The Morgan fingerprint density at radius 2 is 1.74 bits per heavy atom. The fourth-order valence-electron chi connectivity index (χ4n) is 5.97. The Bertz CT molecular complexity index is 1220. The third-order valence-electron chi connectivity index (χ3n) is 9.11. The van der Waals surface area contributed by atoms with E-state index in [1.807, 2.05) is 30.3 Å². The number of hydrogen-bond acceptors (Lipinski definition) is 4. The van der Waals surface area contributed by atoms with Gasteiger partial charge in [-0.05, 0) is 60.5 Å². The predicted molar refractivity (Wildman–Crippen MR) is 148 cm³/mol. The largest absolute Gasteiger partial charge is 0.486 e. The topological polar surface area (TPSA) is 76.7 Å². The molecule has 2 aromatic carbocycles. The van der Waals surface area contributed by atoms with E-state index in [0.717, 1.165) is 18.4 Å². The Morgan fingerprint density at radius 3 is 2.32 bits per heavy atom. The second-order valence-corrected chi connectivity index (χ2v) is 17.3. The van der Waals surface area contributed by atoms with Gasteiger partial charge in [-0.3, -0.25) is 9.59 Å². The molecule has 3 aliphatic rings. The van der Waals surface area contributed by atoms with Crippen molar-refractivity contribution in [1.82, 2.24) is 10.6 Å². The van der Waals surface area contributed by atoms with Crippen LogP contribution in [0.3, 0.4) is 0 Å². The number of halogens is 1. The minimum atomic E-state index is -1.82. The molecule has 6 atom stereocenters. The quantitative estimate of drug-likeness (QED) is 0.461. The molecule has 5 rings (SSSR count). The number of ether oxygens (including phenoxy) is 1. The maximum atomic E-state index is 14.1. The number of rotatable bonds is 7. The zero-order chi connectivity index (χ0) is 27.4. The van der Waals surface area contributed by atoms with Crippen molar-refractivity contribution in [3.05, 3.63) is 64.7 Å². The van der Waals surface area contributed by atoms with Gasteiger partial charge in [0.1, 0.15) is 18.5 Å². The number of hydrogen-bond donors (Lipinski definition) is 2. The number of carbonyl (C=O) groups excluding carboxylic acids is 2. The first-order valence-electron chi connectivity index (χ1n) is 13.6. The summed E-state index contributed by atoms with van der Waals surface area (Å²) in [4.78, 5) is 26.2. The molecule has 2 aliphatic carbocycles. The summed E-state index contributed by atoms with van der Waals surface area (Å²) in [6, 6.07) is 13.0. The predicted octanol–water partition coefficient (Wildman–Crippen LogP) is 5.44. The van der Waals surface area contributed by atoms with Crippen molar-refractivity contribution < 1.29 is 23.1 Å². The highest BCUT2D eigenvalue weighted by Crippen LogP contribution is 2.54. The van der Waals surface area contributed by atoms with E-state index in [1.165, 1.54) is 7.05 Å². The standard InChI is InChI=1S/C30H39FN2O4Si/c1-30(2,3)38(5,6)37-19-14-20-21(15-19)26(20)33-28(34)18-12-22-25(17-10-8-7-9-11-17)24(16-31)36-27(22)23(13-18)29(35)32-4/h7-13,19-21,24-26H,14-16H2,1-6H3,(H,32,35)(H,33,34)/t19-,20-,21+,24-,25+,26+/m1/s1. The van der Waals surface area contributed by atoms with Gasteiger partial charge in [0.25, 0.3) is 11.8 Å². The van der Waals surface area contributed by atoms with E-state index in [1.54, 1.807) is 12.1 Å². The Balaban J connectivity index is 1.34. The molecule has 0 unspecified atom stereocenters. The zero-order valence-corrected chi connectivity index (χ0v) is 24.1. The van der Waals surface area contributed by atoms with E-state index in [4.69, 9.17) is 9.16 Å². The lowest BCUT2D eigenvalue weighted by Gasteiger charge is -2.39. The SMILES string of the molecule is CNC(=O)c1cc(C(=O)N[C@H]2[C@@H]3C[C@@H](O[Si](C)(C)C(C)(C)C)C[C@@H]32)cc2c1O[C@H](CF)[C@H]2c1ccccc1. The van der Waals surface area contributed by atoms with Crippen molar-refractivity contribution in [3.8, 4) is 5.75 Å². The van der Waals surface area contributed by atoms with E-state index < -0.39 is 27.0 Å². The van der Waals surface area contributed by atoms with Crippen molar-refractivity contribution in [2.45, 2.75) is 75.9 Å².